The predicted molar refractivity (Wildman–Crippen MR) is 167 cm³/mol. The highest BCUT2D eigenvalue weighted by Crippen LogP contribution is 2.40. The highest BCUT2D eigenvalue weighted by atomic mass is 15.2. The average molecular weight is 481 g/mol. The molecule has 2 aliphatic heterocycles. The lowest BCUT2D eigenvalue weighted by molar-refractivity contribution is 1.04. The van der Waals surface area contributed by atoms with E-state index in [1.165, 1.54) is 27.8 Å². The minimum absolute atomic E-state index is 0.146. The molecule has 2 aromatic rings. The van der Waals surface area contributed by atoms with Crippen molar-refractivity contribution < 1.29 is 0 Å². The maximum absolute atomic E-state index is 4.56. The van der Waals surface area contributed by atoms with Crippen molar-refractivity contribution in [1.82, 2.24) is 0 Å². The second-order valence-electron chi connectivity index (χ2n) is 7.70. The van der Waals surface area contributed by atoms with Crippen LogP contribution in [0.25, 0.3) is 0 Å². The zero-order valence-corrected chi connectivity index (χ0v) is 24.0. The summed E-state index contributed by atoms with van der Waals surface area (Å²) in [7, 11) is 0. The van der Waals surface area contributed by atoms with Gasteiger partial charge in [0.2, 0.25) is 0 Å². The minimum atomic E-state index is 0.146. The lowest BCUT2D eigenvalue weighted by atomic mass is 9.32. The summed E-state index contributed by atoms with van der Waals surface area (Å²) in [5.41, 5.74) is 10.4. The number of para-hydroxylation sites is 2. The quantitative estimate of drug-likeness (QED) is 0.320. The van der Waals surface area contributed by atoms with Crippen LogP contribution in [0, 0.1) is 0 Å². The van der Waals surface area contributed by atoms with E-state index >= 15 is 0 Å². The van der Waals surface area contributed by atoms with Gasteiger partial charge in [-0.3, -0.25) is 0 Å². The van der Waals surface area contributed by atoms with Gasteiger partial charge in [-0.25, -0.2) is 0 Å². The zero-order chi connectivity index (χ0) is 27.4. The molecule has 2 heterocycles. The van der Waals surface area contributed by atoms with Gasteiger partial charge in [-0.15, -0.1) is 0 Å². The molecule has 4 rings (SSSR count). The van der Waals surface area contributed by atoms with Crippen molar-refractivity contribution in [2.24, 2.45) is 0 Å². The summed E-state index contributed by atoms with van der Waals surface area (Å²) in [6.07, 6.45) is 7.95. The molecule has 0 spiro atoms. The number of benzene rings is 2. The molecule has 0 aromatic heterocycles. The maximum Gasteiger partial charge on any atom is 0.251 e. The molecule has 2 aliphatic rings. The van der Waals surface area contributed by atoms with Crippen LogP contribution in [0.4, 0.5) is 11.4 Å². The van der Waals surface area contributed by atoms with Crippen molar-refractivity contribution in [3.63, 3.8) is 0 Å². The van der Waals surface area contributed by atoms with Gasteiger partial charge in [0.1, 0.15) is 0 Å². The highest BCUT2D eigenvalue weighted by Gasteiger charge is 2.42. The number of hydrogen-bond acceptors (Lipinski definition) is 2. The number of nitrogens with zero attached hydrogens (tertiary/aromatic N) is 2. The first kappa shape index (κ1) is 30.6. The summed E-state index contributed by atoms with van der Waals surface area (Å²) >= 11 is 0. The molecule has 0 aliphatic carbocycles. The van der Waals surface area contributed by atoms with E-state index in [9.17, 15) is 0 Å². The SMILES string of the molecule is C=C/C=C(\C)N1C(=C)C2=C(C)N(C(=C)/C=C\C)c3ccccc3B2c2ccccc21.CC.CC.CC. The summed E-state index contributed by atoms with van der Waals surface area (Å²) in [5.74, 6) is 0. The van der Waals surface area contributed by atoms with Gasteiger partial charge in [-0.2, -0.15) is 0 Å². The maximum atomic E-state index is 4.56. The molecule has 2 nitrogen and oxygen atoms in total. The van der Waals surface area contributed by atoms with Crippen LogP contribution in [-0.4, -0.2) is 6.71 Å². The number of anilines is 2. The third-order valence-corrected chi connectivity index (χ3v) is 5.93. The first-order valence-corrected chi connectivity index (χ1v) is 13.3. The van der Waals surface area contributed by atoms with Gasteiger partial charge in [0.05, 0.1) is 0 Å². The van der Waals surface area contributed by atoms with E-state index < -0.39 is 0 Å². The van der Waals surface area contributed by atoms with E-state index in [4.69, 9.17) is 0 Å². The fourth-order valence-corrected chi connectivity index (χ4v) is 4.79. The van der Waals surface area contributed by atoms with Crippen LogP contribution in [0.15, 0.2) is 121 Å². The van der Waals surface area contributed by atoms with E-state index in [1.54, 1.807) is 0 Å². The van der Waals surface area contributed by atoms with Crippen LogP contribution in [-0.2, 0) is 0 Å². The van der Waals surface area contributed by atoms with Gasteiger partial charge in [-0.1, -0.05) is 110 Å². The molecular weight excluding hydrogens is 435 g/mol. The summed E-state index contributed by atoms with van der Waals surface area (Å²) in [5, 5.41) is 0. The van der Waals surface area contributed by atoms with Crippen molar-refractivity contribution in [2.75, 3.05) is 9.80 Å². The normalized spacial score (nSPS) is 13.8. The Bertz CT molecular complexity index is 1150. The molecule has 36 heavy (non-hydrogen) atoms. The van der Waals surface area contributed by atoms with E-state index in [-0.39, 0.29) is 6.71 Å². The number of fused-ring (bicyclic) bond motifs is 5. The molecule has 0 bridgehead atoms. The van der Waals surface area contributed by atoms with Gasteiger partial charge in [0.25, 0.3) is 6.71 Å². The Hall–Kier alpha value is -3.46. The Morgan fingerprint density at radius 1 is 0.833 bits per heavy atom. The molecule has 0 saturated heterocycles. The standard InChI is InChI=1S/C27H27BN2.3C2H6/c1-7-13-19(3)29-21(5)27-22(6)30(20(4)14-8-2)26-18-12-10-16-24(26)28(27)23-15-9-11-17-25(23)29;3*1-2/h7-18H,1,4-5H2,2-3,6H3;3*1-2H3/b14-8-,19-13+;;;. The molecule has 2 aromatic carbocycles. The van der Waals surface area contributed by atoms with E-state index in [0.29, 0.717) is 0 Å². The largest absolute Gasteiger partial charge is 0.316 e. The first-order valence-electron chi connectivity index (χ1n) is 13.3. The van der Waals surface area contributed by atoms with Gasteiger partial charge < -0.3 is 9.80 Å². The lowest BCUT2D eigenvalue weighted by Crippen LogP contribution is -2.56. The second-order valence-corrected chi connectivity index (χ2v) is 7.70. The highest BCUT2D eigenvalue weighted by molar-refractivity contribution is 6.94. The van der Waals surface area contributed by atoms with Gasteiger partial charge in [-0.05, 0) is 61.5 Å². The Labute approximate surface area is 221 Å². The Balaban J connectivity index is 0.00000101. The molecule has 190 valence electrons. The monoisotopic (exact) mass is 480 g/mol. The van der Waals surface area contributed by atoms with Crippen molar-refractivity contribution in [3.05, 3.63) is 121 Å². The van der Waals surface area contributed by atoms with Crippen molar-refractivity contribution >= 4 is 29.0 Å². The van der Waals surface area contributed by atoms with Crippen LogP contribution < -0.4 is 20.7 Å². The number of allylic oxidation sites excluding steroid dienone is 7. The van der Waals surface area contributed by atoms with Crippen molar-refractivity contribution in [2.45, 2.75) is 62.3 Å². The van der Waals surface area contributed by atoms with E-state index in [0.717, 1.165) is 22.8 Å². The summed E-state index contributed by atoms with van der Waals surface area (Å²) < 4.78 is 0. The average Bonchev–Trinajstić information content (AvgIpc) is 2.92. The van der Waals surface area contributed by atoms with Crippen LogP contribution in [0.3, 0.4) is 0 Å². The van der Waals surface area contributed by atoms with Gasteiger partial charge in [0.15, 0.2) is 0 Å². The molecule has 0 saturated carbocycles. The van der Waals surface area contributed by atoms with Gasteiger partial charge in [0, 0.05) is 34.2 Å². The molecule has 0 atom stereocenters. The lowest BCUT2D eigenvalue weighted by Gasteiger charge is -2.45. The molecule has 0 N–H and O–H groups in total. The third kappa shape index (κ3) is 5.67. The molecule has 0 amide bonds. The molecule has 0 unspecified atom stereocenters. The zero-order valence-electron chi connectivity index (χ0n) is 24.0. The second kappa shape index (κ2) is 14.8. The predicted octanol–water partition coefficient (Wildman–Crippen LogP) is 8.52. The summed E-state index contributed by atoms with van der Waals surface area (Å²) in [4.78, 5) is 4.50. The number of hydrogen-bond donors (Lipinski definition) is 0. The van der Waals surface area contributed by atoms with Crippen molar-refractivity contribution in [3.8, 4) is 0 Å². The van der Waals surface area contributed by atoms with E-state index in [1.807, 2.05) is 66.7 Å². The molecule has 3 heteroatoms. The van der Waals surface area contributed by atoms with Gasteiger partial charge >= 0.3 is 0 Å². The van der Waals surface area contributed by atoms with Crippen LogP contribution in [0.2, 0.25) is 0 Å². The summed E-state index contributed by atoms with van der Waals surface area (Å²) in [6.45, 7) is 31.2. The van der Waals surface area contributed by atoms with Crippen molar-refractivity contribution in [1.29, 1.82) is 0 Å². The van der Waals surface area contributed by atoms with Crippen LogP contribution in [0.5, 0.6) is 0 Å². The Morgan fingerprint density at radius 3 is 1.78 bits per heavy atom. The van der Waals surface area contributed by atoms with Crippen LogP contribution >= 0.6 is 0 Å². The molecule has 0 fully saturated rings. The topological polar surface area (TPSA) is 6.48 Å². The smallest absolute Gasteiger partial charge is 0.251 e. The van der Waals surface area contributed by atoms with E-state index in [2.05, 4.69) is 98.0 Å². The fraction of sp³-hybridized carbons (Fsp3) is 0.273. The Morgan fingerprint density at radius 2 is 1.31 bits per heavy atom. The molecular formula is C33H45BN2. The number of rotatable bonds is 4. The molecule has 0 radical (unpaired) electrons. The fourth-order valence-electron chi connectivity index (χ4n) is 4.79. The minimum Gasteiger partial charge on any atom is -0.316 e. The summed E-state index contributed by atoms with van der Waals surface area (Å²) in [6, 6.07) is 17.3. The first-order chi connectivity index (χ1) is 17.5. The van der Waals surface area contributed by atoms with Crippen LogP contribution in [0.1, 0.15) is 62.3 Å². The Kier molecular flexibility index (Phi) is 12.6. The third-order valence-electron chi connectivity index (χ3n) is 5.93.